The molecule has 1 N–H and O–H groups in total. The number of hydrogen-bond acceptors (Lipinski definition) is 2. The monoisotopic (exact) mass is 374 g/mol. The maximum absolute atomic E-state index is 4.51. The smallest absolute Gasteiger partial charge is 0.0654 e. The summed E-state index contributed by atoms with van der Waals surface area (Å²) in [6.07, 6.45) is 3.77. The van der Waals surface area contributed by atoms with Crippen LogP contribution in [-0.4, -0.2) is 20.0 Å². The topological polar surface area (TPSA) is 46.5 Å². The van der Waals surface area contributed by atoms with Crippen molar-refractivity contribution in [1.82, 2.24) is 20.0 Å². The molecule has 0 saturated heterocycles. The lowest BCUT2D eigenvalue weighted by atomic mass is 10.1. The average molecular weight is 375 g/mol. The SMILES string of the molecule is CC(C)c1ccn(-c2ccc(Br)cc2)n1.CC(C)c1ccn[nH]1. The fourth-order valence-corrected chi connectivity index (χ4v) is 2.24. The first-order chi connectivity index (χ1) is 11.0. The van der Waals surface area contributed by atoms with E-state index in [2.05, 4.69) is 65.0 Å². The summed E-state index contributed by atoms with van der Waals surface area (Å²) in [6, 6.07) is 12.2. The quantitative estimate of drug-likeness (QED) is 0.676. The molecule has 122 valence electrons. The highest BCUT2D eigenvalue weighted by atomic mass is 79.9. The molecule has 2 aromatic heterocycles. The highest BCUT2D eigenvalue weighted by Crippen LogP contribution is 2.16. The van der Waals surface area contributed by atoms with Crippen molar-refractivity contribution < 1.29 is 0 Å². The molecule has 0 atom stereocenters. The van der Waals surface area contributed by atoms with Gasteiger partial charge in [0, 0.05) is 22.6 Å². The Bertz CT molecular complexity index is 697. The Labute approximate surface area is 146 Å². The van der Waals surface area contributed by atoms with E-state index in [9.17, 15) is 0 Å². The molecular formula is C18H23BrN4. The number of aromatic nitrogens is 4. The maximum Gasteiger partial charge on any atom is 0.0654 e. The van der Waals surface area contributed by atoms with Crippen molar-refractivity contribution >= 4 is 15.9 Å². The highest BCUT2D eigenvalue weighted by molar-refractivity contribution is 9.10. The minimum atomic E-state index is 0.474. The van der Waals surface area contributed by atoms with Gasteiger partial charge in [-0.3, -0.25) is 5.10 Å². The van der Waals surface area contributed by atoms with Crippen LogP contribution < -0.4 is 0 Å². The summed E-state index contributed by atoms with van der Waals surface area (Å²) in [5, 5.41) is 11.2. The number of H-pyrrole nitrogens is 1. The number of aromatic amines is 1. The molecule has 1 aromatic carbocycles. The van der Waals surface area contributed by atoms with Crippen LogP contribution in [0.2, 0.25) is 0 Å². The molecule has 0 aliphatic carbocycles. The predicted molar refractivity (Wildman–Crippen MR) is 98.0 cm³/mol. The predicted octanol–water partition coefficient (Wildman–Crippen LogP) is 5.29. The number of nitrogens with one attached hydrogen (secondary N) is 1. The van der Waals surface area contributed by atoms with Crippen LogP contribution in [0.15, 0.2) is 53.3 Å². The summed E-state index contributed by atoms with van der Waals surface area (Å²) in [5.74, 6) is 1.04. The van der Waals surface area contributed by atoms with E-state index in [0.29, 0.717) is 11.8 Å². The minimum absolute atomic E-state index is 0.474. The van der Waals surface area contributed by atoms with Crippen LogP contribution in [0.4, 0.5) is 0 Å². The Morgan fingerprint density at radius 1 is 0.957 bits per heavy atom. The molecule has 0 bridgehead atoms. The van der Waals surface area contributed by atoms with Crippen LogP contribution in [0.5, 0.6) is 0 Å². The maximum atomic E-state index is 4.51. The lowest BCUT2D eigenvalue weighted by Crippen LogP contribution is -1.96. The van der Waals surface area contributed by atoms with Gasteiger partial charge in [0.1, 0.15) is 0 Å². The molecule has 23 heavy (non-hydrogen) atoms. The molecule has 5 heteroatoms. The Morgan fingerprint density at radius 3 is 2.09 bits per heavy atom. The molecule has 4 nitrogen and oxygen atoms in total. The highest BCUT2D eigenvalue weighted by Gasteiger charge is 2.04. The van der Waals surface area contributed by atoms with Crippen LogP contribution >= 0.6 is 15.9 Å². The molecule has 0 aliphatic heterocycles. The first-order valence-corrected chi connectivity index (χ1v) is 8.57. The lowest BCUT2D eigenvalue weighted by Gasteiger charge is -2.02. The summed E-state index contributed by atoms with van der Waals surface area (Å²) in [6.45, 7) is 8.56. The van der Waals surface area contributed by atoms with E-state index < -0.39 is 0 Å². The first-order valence-electron chi connectivity index (χ1n) is 7.78. The fourth-order valence-electron chi connectivity index (χ4n) is 1.97. The second-order valence-electron chi connectivity index (χ2n) is 5.98. The lowest BCUT2D eigenvalue weighted by molar-refractivity contribution is 0.768. The Kier molecular flexibility index (Phi) is 6.16. The third-order valence-corrected chi connectivity index (χ3v) is 3.97. The van der Waals surface area contributed by atoms with Gasteiger partial charge >= 0.3 is 0 Å². The molecule has 0 aliphatic rings. The van der Waals surface area contributed by atoms with Crippen molar-refractivity contribution in [2.75, 3.05) is 0 Å². The van der Waals surface area contributed by atoms with Crippen molar-refractivity contribution in [1.29, 1.82) is 0 Å². The van der Waals surface area contributed by atoms with Crippen LogP contribution in [0.25, 0.3) is 5.69 Å². The van der Waals surface area contributed by atoms with Crippen molar-refractivity contribution in [3.63, 3.8) is 0 Å². The van der Waals surface area contributed by atoms with Crippen LogP contribution in [0.3, 0.4) is 0 Å². The number of halogens is 1. The van der Waals surface area contributed by atoms with Crippen molar-refractivity contribution in [2.24, 2.45) is 0 Å². The second-order valence-corrected chi connectivity index (χ2v) is 6.90. The van der Waals surface area contributed by atoms with Crippen molar-refractivity contribution in [3.8, 4) is 5.69 Å². The largest absolute Gasteiger partial charge is 0.282 e. The third-order valence-electron chi connectivity index (χ3n) is 3.44. The standard InChI is InChI=1S/C12H13BrN2.C6H10N2/c1-9(2)12-7-8-15(14-12)11-5-3-10(13)4-6-11;1-5(2)6-3-4-7-8-6/h3-9H,1-2H3;3-5H,1-2H3,(H,7,8). The van der Waals surface area contributed by atoms with Gasteiger partial charge in [-0.1, -0.05) is 43.6 Å². The molecule has 0 saturated carbocycles. The van der Waals surface area contributed by atoms with Crippen molar-refractivity contribution in [3.05, 3.63) is 64.7 Å². The Balaban J connectivity index is 0.000000203. The van der Waals surface area contributed by atoms with E-state index in [4.69, 9.17) is 0 Å². The molecule has 0 spiro atoms. The zero-order valence-corrected chi connectivity index (χ0v) is 15.6. The molecule has 2 heterocycles. The van der Waals surface area contributed by atoms with Crippen molar-refractivity contribution in [2.45, 2.75) is 39.5 Å². The van der Waals surface area contributed by atoms with E-state index in [1.807, 2.05) is 41.2 Å². The number of rotatable bonds is 3. The Morgan fingerprint density at radius 2 is 1.65 bits per heavy atom. The number of benzene rings is 1. The van der Waals surface area contributed by atoms with E-state index in [1.165, 1.54) is 5.69 Å². The van der Waals surface area contributed by atoms with Gasteiger partial charge < -0.3 is 0 Å². The summed E-state index contributed by atoms with van der Waals surface area (Å²) in [5.41, 5.74) is 3.41. The molecule has 0 unspecified atom stereocenters. The summed E-state index contributed by atoms with van der Waals surface area (Å²) in [7, 11) is 0. The van der Waals surface area contributed by atoms with E-state index in [1.54, 1.807) is 6.20 Å². The summed E-state index contributed by atoms with van der Waals surface area (Å²) >= 11 is 3.42. The van der Waals surface area contributed by atoms with E-state index in [0.717, 1.165) is 15.9 Å². The zero-order valence-electron chi connectivity index (χ0n) is 14.0. The second kappa shape index (κ2) is 8.11. The molecule has 3 rings (SSSR count). The number of nitrogens with zero attached hydrogens (tertiary/aromatic N) is 3. The van der Waals surface area contributed by atoms with Gasteiger partial charge in [0.2, 0.25) is 0 Å². The van der Waals surface area contributed by atoms with E-state index in [-0.39, 0.29) is 0 Å². The van der Waals surface area contributed by atoms with Gasteiger partial charge in [-0.05, 0) is 48.2 Å². The van der Waals surface area contributed by atoms with Gasteiger partial charge in [-0.2, -0.15) is 10.2 Å². The van der Waals surface area contributed by atoms with Crippen LogP contribution in [0.1, 0.15) is 50.9 Å². The van der Waals surface area contributed by atoms with Crippen LogP contribution in [-0.2, 0) is 0 Å². The van der Waals surface area contributed by atoms with Gasteiger partial charge in [0.25, 0.3) is 0 Å². The zero-order chi connectivity index (χ0) is 16.8. The van der Waals surface area contributed by atoms with E-state index >= 15 is 0 Å². The van der Waals surface area contributed by atoms with Gasteiger partial charge in [-0.25, -0.2) is 4.68 Å². The van der Waals surface area contributed by atoms with Crippen LogP contribution in [0, 0.1) is 0 Å². The first kappa shape index (κ1) is 17.5. The third kappa shape index (κ3) is 5.06. The molecule has 0 radical (unpaired) electrons. The fraction of sp³-hybridized carbons (Fsp3) is 0.333. The average Bonchev–Trinajstić information content (AvgIpc) is 3.20. The minimum Gasteiger partial charge on any atom is -0.282 e. The van der Waals surface area contributed by atoms with Gasteiger partial charge in [0.15, 0.2) is 0 Å². The van der Waals surface area contributed by atoms with Gasteiger partial charge in [0.05, 0.1) is 11.4 Å². The molecule has 0 amide bonds. The molecule has 0 fully saturated rings. The number of hydrogen-bond donors (Lipinski definition) is 1. The summed E-state index contributed by atoms with van der Waals surface area (Å²) in [4.78, 5) is 0. The molecular weight excluding hydrogens is 352 g/mol. The Hall–Kier alpha value is -1.88. The molecule has 3 aromatic rings. The van der Waals surface area contributed by atoms with Gasteiger partial charge in [-0.15, -0.1) is 0 Å². The normalized spacial score (nSPS) is 10.7. The summed E-state index contributed by atoms with van der Waals surface area (Å²) < 4.78 is 2.99.